The van der Waals surface area contributed by atoms with Crippen LogP contribution in [0.5, 0.6) is 0 Å². The Hall–Kier alpha value is -2.64. The van der Waals surface area contributed by atoms with Crippen molar-refractivity contribution in [3.8, 4) is 0 Å². The molecular weight excluding hydrogens is 450 g/mol. The van der Waals surface area contributed by atoms with Gasteiger partial charge in [0, 0.05) is 32.9 Å². The highest BCUT2D eigenvalue weighted by Gasteiger charge is 2.24. The van der Waals surface area contributed by atoms with Crippen LogP contribution in [0.4, 0.5) is 5.69 Å². The molecule has 2 aromatic carbocycles. The third-order valence-electron chi connectivity index (χ3n) is 4.34. The first-order valence-corrected chi connectivity index (χ1v) is 10.8. The first kappa shape index (κ1) is 19.7. The number of aromatic nitrogens is 1. The molecule has 0 radical (unpaired) electrons. The summed E-state index contributed by atoms with van der Waals surface area (Å²) in [6, 6.07) is 18.5. The number of carbonyl (C=O) groups is 2. The maximum Gasteiger partial charge on any atom is 0.256 e. The van der Waals surface area contributed by atoms with Crippen molar-refractivity contribution in [3.05, 3.63) is 82.5 Å². The van der Waals surface area contributed by atoms with Gasteiger partial charge in [0.1, 0.15) is 5.03 Å². The molecule has 1 fully saturated rings. The molecule has 2 amide bonds. The Morgan fingerprint density at radius 2 is 1.83 bits per heavy atom. The normalized spacial score (nSPS) is 13.0. The van der Waals surface area contributed by atoms with E-state index >= 15 is 0 Å². The average molecular weight is 468 g/mol. The van der Waals surface area contributed by atoms with E-state index in [1.54, 1.807) is 36.5 Å². The molecule has 2 N–H and O–H groups in total. The van der Waals surface area contributed by atoms with Gasteiger partial charge in [-0.25, -0.2) is 4.98 Å². The van der Waals surface area contributed by atoms with Crippen LogP contribution >= 0.6 is 27.7 Å². The zero-order valence-electron chi connectivity index (χ0n) is 15.4. The summed E-state index contributed by atoms with van der Waals surface area (Å²) < 4.78 is 0.901. The van der Waals surface area contributed by atoms with E-state index in [1.165, 1.54) is 11.8 Å². The molecule has 0 atom stereocenters. The number of hydrogen-bond donors (Lipinski definition) is 2. The van der Waals surface area contributed by atoms with Crippen LogP contribution in [0.1, 0.15) is 33.6 Å². The van der Waals surface area contributed by atoms with Gasteiger partial charge in [-0.3, -0.25) is 9.59 Å². The molecule has 1 aliphatic rings. The second-order valence-corrected chi connectivity index (χ2v) is 8.67. The van der Waals surface area contributed by atoms with Crippen molar-refractivity contribution in [1.29, 1.82) is 0 Å². The minimum atomic E-state index is -0.232. The van der Waals surface area contributed by atoms with Crippen molar-refractivity contribution >= 4 is 45.2 Å². The van der Waals surface area contributed by atoms with Gasteiger partial charge in [0.2, 0.25) is 0 Å². The highest BCUT2D eigenvalue weighted by molar-refractivity contribution is 9.10. The molecule has 0 saturated heterocycles. The fraction of sp³-hybridized carbons (Fsp3) is 0.136. The SMILES string of the molecule is O=C(NC1CC1)c1cccc(NC(=O)c2ccccc2Sc2ccc(Br)cn2)c1. The Balaban J connectivity index is 1.50. The Labute approximate surface area is 181 Å². The molecule has 0 bridgehead atoms. The lowest BCUT2D eigenvalue weighted by atomic mass is 10.1. The molecule has 0 unspecified atom stereocenters. The van der Waals surface area contributed by atoms with E-state index in [4.69, 9.17) is 0 Å². The summed E-state index contributed by atoms with van der Waals surface area (Å²) >= 11 is 4.80. The van der Waals surface area contributed by atoms with Gasteiger partial charge in [0.05, 0.1) is 5.56 Å². The van der Waals surface area contributed by atoms with E-state index in [0.717, 1.165) is 27.2 Å². The number of amides is 2. The molecular formula is C22H18BrN3O2S. The van der Waals surface area contributed by atoms with Gasteiger partial charge in [-0.05, 0) is 71.2 Å². The van der Waals surface area contributed by atoms with Gasteiger partial charge in [0.25, 0.3) is 11.8 Å². The molecule has 4 rings (SSSR count). The zero-order chi connectivity index (χ0) is 20.2. The lowest BCUT2D eigenvalue weighted by Gasteiger charge is -2.11. The van der Waals surface area contributed by atoms with Crippen LogP contribution < -0.4 is 10.6 Å². The van der Waals surface area contributed by atoms with Crippen LogP contribution in [-0.2, 0) is 0 Å². The number of nitrogens with zero attached hydrogens (tertiary/aromatic N) is 1. The van der Waals surface area contributed by atoms with E-state index < -0.39 is 0 Å². The van der Waals surface area contributed by atoms with E-state index in [-0.39, 0.29) is 17.9 Å². The largest absolute Gasteiger partial charge is 0.349 e. The molecule has 0 spiro atoms. The Kier molecular flexibility index (Phi) is 5.97. The monoisotopic (exact) mass is 467 g/mol. The summed E-state index contributed by atoms with van der Waals surface area (Å²) in [5.74, 6) is -0.342. The maximum atomic E-state index is 12.9. The van der Waals surface area contributed by atoms with Crippen LogP contribution in [0.2, 0.25) is 0 Å². The Morgan fingerprint density at radius 1 is 1.00 bits per heavy atom. The fourth-order valence-electron chi connectivity index (χ4n) is 2.71. The Bertz CT molecular complexity index is 1050. The lowest BCUT2D eigenvalue weighted by Crippen LogP contribution is -2.25. The molecule has 1 heterocycles. The van der Waals surface area contributed by atoms with Gasteiger partial charge in [-0.1, -0.05) is 30.0 Å². The molecule has 5 nitrogen and oxygen atoms in total. The van der Waals surface area contributed by atoms with E-state index in [0.29, 0.717) is 16.8 Å². The minimum absolute atomic E-state index is 0.110. The highest BCUT2D eigenvalue weighted by Crippen LogP contribution is 2.30. The molecule has 29 heavy (non-hydrogen) atoms. The van der Waals surface area contributed by atoms with E-state index in [9.17, 15) is 9.59 Å². The third kappa shape index (κ3) is 5.25. The van der Waals surface area contributed by atoms with Crippen molar-refractivity contribution in [1.82, 2.24) is 10.3 Å². The van der Waals surface area contributed by atoms with Crippen molar-refractivity contribution in [2.24, 2.45) is 0 Å². The summed E-state index contributed by atoms with van der Waals surface area (Å²) in [4.78, 5) is 30.3. The molecule has 7 heteroatoms. The predicted octanol–water partition coefficient (Wildman–Crippen LogP) is 5.14. The summed E-state index contributed by atoms with van der Waals surface area (Å²) in [7, 11) is 0. The van der Waals surface area contributed by atoms with Crippen LogP contribution in [-0.4, -0.2) is 22.8 Å². The Morgan fingerprint density at radius 3 is 2.59 bits per heavy atom. The van der Waals surface area contributed by atoms with Crippen molar-refractivity contribution in [2.75, 3.05) is 5.32 Å². The van der Waals surface area contributed by atoms with E-state index in [2.05, 4.69) is 31.5 Å². The quantitative estimate of drug-likeness (QED) is 0.526. The topological polar surface area (TPSA) is 71.1 Å². The third-order valence-corrected chi connectivity index (χ3v) is 5.84. The average Bonchev–Trinajstić information content (AvgIpc) is 3.54. The van der Waals surface area contributed by atoms with Gasteiger partial charge in [-0.15, -0.1) is 0 Å². The highest BCUT2D eigenvalue weighted by atomic mass is 79.9. The van der Waals surface area contributed by atoms with Crippen molar-refractivity contribution < 1.29 is 9.59 Å². The molecule has 1 aromatic heterocycles. The summed E-state index contributed by atoms with van der Waals surface area (Å²) in [6.45, 7) is 0. The van der Waals surface area contributed by atoms with E-state index in [1.807, 2.05) is 30.3 Å². The second kappa shape index (κ2) is 8.80. The smallest absolute Gasteiger partial charge is 0.256 e. The van der Waals surface area contributed by atoms with Crippen LogP contribution in [0.15, 0.2) is 81.3 Å². The minimum Gasteiger partial charge on any atom is -0.349 e. The van der Waals surface area contributed by atoms with Crippen LogP contribution in [0.3, 0.4) is 0 Å². The number of halogens is 1. The fourth-order valence-corrected chi connectivity index (χ4v) is 3.83. The summed E-state index contributed by atoms with van der Waals surface area (Å²) in [6.07, 6.45) is 3.79. The van der Waals surface area contributed by atoms with Crippen molar-refractivity contribution in [2.45, 2.75) is 28.8 Å². The van der Waals surface area contributed by atoms with Gasteiger partial charge < -0.3 is 10.6 Å². The number of anilines is 1. The number of benzene rings is 2. The first-order valence-electron chi connectivity index (χ1n) is 9.19. The van der Waals surface area contributed by atoms with Gasteiger partial charge >= 0.3 is 0 Å². The van der Waals surface area contributed by atoms with Crippen molar-refractivity contribution in [3.63, 3.8) is 0 Å². The predicted molar refractivity (Wildman–Crippen MR) is 117 cm³/mol. The lowest BCUT2D eigenvalue weighted by molar-refractivity contribution is 0.0949. The molecule has 1 saturated carbocycles. The van der Waals surface area contributed by atoms with Gasteiger partial charge in [0.15, 0.2) is 0 Å². The van der Waals surface area contributed by atoms with Crippen LogP contribution in [0, 0.1) is 0 Å². The second-order valence-electron chi connectivity index (χ2n) is 6.70. The summed E-state index contributed by atoms with van der Waals surface area (Å²) in [5.41, 5.74) is 1.67. The summed E-state index contributed by atoms with van der Waals surface area (Å²) in [5, 5.41) is 6.65. The maximum absolute atomic E-state index is 12.9. The first-order chi connectivity index (χ1) is 14.1. The molecule has 3 aromatic rings. The van der Waals surface area contributed by atoms with Crippen LogP contribution in [0.25, 0.3) is 0 Å². The number of rotatable bonds is 6. The van der Waals surface area contributed by atoms with Gasteiger partial charge in [-0.2, -0.15) is 0 Å². The molecule has 146 valence electrons. The number of hydrogen-bond acceptors (Lipinski definition) is 4. The standard InChI is InChI=1S/C22H18BrN3O2S/c23-15-8-11-20(24-13-15)29-19-7-2-1-6-18(19)22(28)26-17-5-3-4-14(12-17)21(27)25-16-9-10-16/h1-8,11-13,16H,9-10H2,(H,25,27)(H,26,28). The zero-order valence-corrected chi connectivity index (χ0v) is 17.8. The number of carbonyl (C=O) groups excluding carboxylic acids is 2. The molecule has 0 aliphatic heterocycles. The number of pyridine rings is 1. The number of nitrogens with one attached hydrogen (secondary N) is 2. The molecule has 1 aliphatic carbocycles.